The minimum Gasteiger partial charge on any atom is -0.480 e. The number of nitrogens with two attached hydrogens (primary N) is 1. The molecule has 132 valence electrons. The van der Waals surface area contributed by atoms with Gasteiger partial charge in [0.2, 0.25) is 11.8 Å². The predicted molar refractivity (Wildman–Crippen MR) is 88.4 cm³/mol. The summed E-state index contributed by atoms with van der Waals surface area (Å²) in [6.45, 7) is 0.423. The van der Waals surface area contributed by atoms with E-state index >= 15 is 0 Å². The van der Waals surface area contributed by atoms with Gasteiger partial charge in [-0.25, -0.2) is 9.78 Å². The maximum atomic E-state index is 12.5. The number of amides is 2. The van der Waals surface area contributed by atoms with Crippen LogP contribution in [0.5, 0.6) is 0 Å². The normalized spacial score (nSPS) is 19.8. The highest BCUT2D eigenvalue weighted by atomic mass is 32.1. The number of rotatable bonds is 7. The van der Waals surface area contributed by atoms with Crippen LogP contribution in [-0.4, -0.2) is 68.2 Å². The van der Waals surface area contributed by atoms with Crippen molar-refractivity contribution in [2.24, 2.45) is 5.73 Å². The summed E-state index contributed by atoms with van der Waals surface area (Å²) in [5.74, 6) is -2.01. The second-order valence-electron chi connectivity index (χ2n) is 5.66. The number of nitrogens with zero attached hydrogens (tertiary/aromatic N) is 2. The average molecular weight is 355 g/mol. The molecule has 1 fully saturated rings. The Balaban J connectivity index is 1.99. The van der Waals surface area contributed by atoms with Gasteiger partial charge in [0.25, 0.3) is 0 Å². The van der Waals surface area contributed by atoms with Crippen molar-refractivity contribution in [1.82, 2.24) is 20.2 Å². The van der Waals surface area contributed by atoms with Gasteiger partial charge in [-0.15, -0.1) is 0 Å². The highest BCUT2D eigenvalue weighted by Gasteiger charge is 2.37. The van der Waals surface area contributed by atoms with Crippen molar-refractivity contribution in [2.45, 2.75) is 37.4 Å². The molecule has 1 saturated heterocycles. The van der Waals surface area contributed by atoms with Crippen LogP contribution >= 0.6 is 12.6 Å². The lowest BCUT2D eigenvalue weighted by atomic mass is 10.1. The number of carboxylic acid groups (broad SMARTS) is 1. The number of aromatic amines is 1. The van der Waals surface area contributed by atoms with Gasteiger partial charge in [0.05, 0.1) is 12.4 Å². The third-order valence-corrected chi connectivity index (χ3v) is 4.31. The number of H-pyrrole nitrogens is 1. The van der Waals surface area contributed by atoms with Crippen molar-refractivity contribution >= 4 is 30.4 Å². The summed E-state index contributed by atoms with van der Waals surface area (Å²) in [4.78, 5) is 44.0. The number of hydrogen-bond donors (Lipinski definition) is 5. The largest absolute Gasteiger partial charge is 0.480 e. The summed E-state index contributed by atoms with van der Waals surface area (Å²) in [6, 6.07) is -2.58. The number of hydrogen-bond acceptors (Lipinski definition) is 6. The van der Waals surface area contributed by atoms with E-state index in [4.69, 9.17) is 10.8 Å². The zero-order chi connectivity index (χ0) is 17.7. The van der Waals surface area contributed by atoms with Gasteiger partial charge in [-0.05, 0) is 12.8 Å². The van der Waals surface area contributed by atoms with Gasteiger partial charge in [0.15, 0.2) is 0 Å². The van der Waals surface area contributed by atoms with Crippen LogP contribution in [0, 0.1) is 0 Å². The minimum atomic E-state index is -1.16. The van der Waals surface area contributed by atoms with Gasteiger partial charge >= 0.3 is 5.97 Å². The molecule has 2 heterocycles. The van der Waals surface area contributed by atoms with E-state index in [2.05, 4.69) is 27.9 Å². The van der Waals surface area contributed by atoms with E-state index in [1.54, 1.807) is 6.20 Å². The first-order chi connectivity index (χ1) is 11.4. The Morgan fingerprint density at radius 1 is 1.54 bits per heavy atom. The van der Waals surface area contributed by atoms with Crippen LogP contribution in [0.4, 0.5) is 0 Å². The molecule has 1 aliphatic rings. The molecule has 0 saturated carbocycles. The van der Waals surface area contributed by atoms with Crippen molar-refractivity contribution in [3.63, 3.8) is 0 Å². The molecule has 5 N–H and O–H groups in total. The fourth-order valence-electron chi connectivity index (χ4n) is 2.69. The van der Waals surface area contributed by atoms with Crippen LogP contribution < -0.4 is 11.1 Å². The van der Waals surface area contributed by atoms with Gasteiger partial charge in [0, 0.05) is 30.6 Å². The molecule has 10 heteroatoms. The molecule has 0 spiro atoms. The number of aromatic nitrogens is 2. The van der Waals surface area contributed by atoms with Crippen molar-refractivity contribution in [1.29, 1.82) is 0 Å². The summed E-state index contributed by atoms with van der Waals surface area (Å²) in [5, 5.41) is 11.4. The van der Waals surface area contributed by atoms with Gasteiger partial charge in [-0.3, -0.25) is 9.59 Å². The smallest absolute Gasteiger partial charge is 0.327 e. The highest BCUT2D eigenvalue weighted by Crippen LogP contribution is 2.19. The van der Waals surface area contributed by atoms with E-state index in [-0.39, 0.29) is 18.1 Å². The molecule has 2 amide bonds. The molecule has 0 radical (unpaired) electrons. The molecular formula is C14H21N5O4S. The lowest BCUT2D eigenvalue weighted by Gasteiger charge is -2.27. The lowest BCUT2D eigenvalue weighted by Crippen LogP contribution is -2.54. The third-order valence-electron chi connectivity index (χ3n) is 3.95. The molecule has 0 aliphatic carbocycles. The van der Waals surface area contributed by atoms with Crippen molar-refractivity contribution in [2.75, 3.05) is 12.3 Å². The molecule has 2 rings (SSSR count). The topological polar surface area (TPSA) is 141 Å². The number of carbonyl (C=O) groups is 3. The van der Waals surface area contributed by atoms with E-state index < -0.39 is 30.0 Å². The number of thiol groups is 1. The van der Waals surface area contributed by atoms with Crippen LogP contribution in [0.1, 0.15) is 18.5 Å². The summed E-state index contributed by atoms with van der Waals surface area (Å²) >= 11 is 3.91. The Morgan fingerprint density at radius 3 is 2.88 bits per heavy atom. The van der Waals surface area contributed by atoms with Crippen molar-refractivity contribution in [3.8, 4) is 0 Å². The lowest BCUT2D eigenvalue weighted by molar-refractivity contribution is -0.143. The van der Waals surface area contributed by atoms with Gasteiger partial charge in [0.1, 0.15) is 12.1 Å². The van der Waals surface area contributed by atoms with Gasteiger partial charge < -0.3 is 26.0 Å². The molecule has 9 nitrogen and oxygen atoms in total. The standard InChI is InChI=1S/C14H21N5O4S/c15-9(4-8-5-16-7-17-8)13(21)19-3-1-2-11(19)12(20)18-10(6-24)14(22)23/h5,7,9-11,24H,1-4,6,15H2,(H,16,17)(H,18,20)(H,22,23)/t9-,10-,11-/m0/s1. The number of carboxylic acids is 1. The Hall–Kier alpha value is -2.07. The summed E-state index contributed by atoms with van der Waals surface area (Å²) in [7, 11) is 0. The number of imidazole rings is 1. The molecular weight excluding hydrogens is 334 g/mol. The maximum Gasteiger partial charge on any atom is 0.327 e. The fourth-order valence-corrected chi connectivity index (χ4v) is 2.94. The Labute approximate surface area is 144 Å². The summed E-state index contributed by atoms with van der Waals surface area (Å²) in [5.41, 5.74) is 6.68. The first-order valence-electron chi connectivity index (χ1n) is 7.61. The van der Waals surface area contributed by atoms with Crippen LogP contribution in [0.3, 0.4) is 0 Å². The molecule has 0 bridgehead atoms. The van der Waals surface area contributed by atoms with E-state index in [0.717, 1.165) is 5.69 Å². The molecule has 1 aromatic rings. The van der Waals surface area contributed by atoms with Gasteiger partial charge in [-0.1, -0.05) is 0 Å². The quantitative estimate of drug-likeness (QED) is 0.388. The number of aliphatic carboxylic acids is 1. The summed E-state index contributed by atoms with van der Waals surface area (Å²) < 4.78 is 0. The van der Waals surface area contributed by atoms with Gasteiger partial charge in [-0.2, -0.15) is 12.6 Å². The second-order valence-corrected chi connectivity index (χ2v) is 6.02. The van der Waals surface area contributed by atoms with E-state index in [1.807, 2.05) is 0 Å². The van der Waals surface area contributed by atoms with Crippen molar-refractivity contribution in [3.05, 3.63) is 18.2 Å². The molecule has 0 aromatic carbocycles. The second kappa shape index (κ2) is 8.15. The average Bonchev–Trinajstić information content (AvgIpc) is 3.22. The third kappa shape index (κ3) is 4.26. The minimum absolute atomic E-state index is 0.0267. The first kappa shape index (κ1) is 18.3. The molecule has 1 aromatic heterocycles. The molecule has 3 atom stereocenters. The SMILES string of the molecule is N[C@@H](Cc1cnc[nH]1)C(=O)N1CCC[C@H]1C(=O)N[C@@H](CS)C(=O)O. The zero-order valence-electron chi connectivity index (χ0n) is 13.0. The van der Waals surface area contributed by atoms with Crippen molar-refractivity contribution < 1.29 is 19.5 Å². The summed E-state index contributed by atoms with van der Waals surface area (Å²) in [6.07, 6.45) is 4.53. The highest BCUT2D eigenvalue weighted by molar-refractivity contribution is 7.80. The van der Waals surface area contributed by atoms with E-state index in [1.165, 1.54) is 11.2 Å². The van der Waals surface area contributed by atoms with E-state index in [0.29, 0.717) is 19.4 Å². The molecule has 1 aliphatic heterocycles. The molecule has 24 heavy (non-hydrogen) atoms. The zero-order valence-corrected chi connectivity index (χ0v) is 13.9. The first-order valence-corrected chi connectivity index (χ1v) is 8.24. The van der Waals surface area contributed by atoms with Crippen LogP contribution in [-0.2, 0) is 20.8 Å². The van der Waals surface area contributed by atoms with Crippen LogP contribution in [0.25, 0.3) is 0 Å². The van der Waals surface area contributed by atoms with E-state index in [9.17, 15) is 14.4 Å². The monoisotopic (exact) mass is 355 g/mol. The molecule has 0 unspecified atom stereocenters. The number of likely N-dealkylation sites (tertiary alicyclic amines) is 1. The maximum absolute atomic E-state index is 12.5. The fraction of sp³-hybridized carbons (Fsp3) is 0.571. The van der Waals surface area contributed by atoms with Crippen LogP contribution in [0.15, 0.2) is 12.5 Å². The Kier molecular flexibility index (Phi) is 6.21. The number of nitrogens with one attached hydrogen (secondary N) is 2. The number of carbonyl (C=O) groups excluding carboxylic acids is 2. The Bertz CT molecular complexity index is 594. The Morgan fingerprint density at radius 2 is 2.29 bits per heavy atom. The predicted octanol–water partition coefficient (Wildman–Crippen LogP) is -1.23. The van der Waals surface area contributed by atoms with Crippen LogP contribution in [0.2, 0.25) is 0 Å².